The highest BCUT2D eigenvalue weighted by Crippen LogP contribution is 2.41. The number of rotatable bonds is 2. The van der Waals surface area contributed by atoms with Gasteiger partial charge < -0.3 is 20.4 Å². The summed E-state index contributed by atoms with van der Waals surface area (Å²) in [6.07, 6.45) is 0.513. The Morgan fingerprint density at radius 2 is 0.696 bits per heavy atom. The van der Waals surface area contributed by atoms with E-state index in [1.54, 1.807) is 27.7 Å². The summed E-state index contributed by atoms with van der Waals surface area (Å²) in [5, 5.41) is 40.2. The third kappa shape index (κ3) is 2.48. The Balaban J connectivity index is 2.71. The van der Waals surface area contributed by atoms with Crippen molar-refractivity contribution < 1.29 is 20.4 Å². The predicted octanol–water partition coefficient (Wildman–Crippen LogP) is 3.95. The third-order valence-electron chi connectivity index (χ3n) is 5.16. The highest BCUT2D eigenvalue weighted by Gasteiger charge is 2.21. The minimum Gasteiger partial charge on any atom is -0.504 e. The third-order valence-corrected chi connectivity index (χ3v) is 5.16. The molecule has 0 aliphatic rings. The van der Waals surface area contributed by atoms with Gasteiger partial charge in [-0.3, -0.25) is 0 Å². The van der Waals surface area contributed by atoms with Crippen LogP contribution < -0.4 is 0 Å². The molecule has 0 spiro atoms. The van der Waals surface area contributed by atoms with E-state index in [-0.39, 0.29) is 23.0 Å². The Hall–Kier alpha value is -2.36. The maximum Gasteiger partial charge on any atom is 0.160 e. The van der Waals surface area contributed by atoms with E-state index in [2.05, 4.69) is 0 Å². The first kappa shape index (κ1) is 17.0. The average Bonchev–Trinajstić information content (AvgIpc) is 2.54. The quantitative estimate of drug-likeness (QED) is 0.632. The molecule has 0 aliphatic carbocycles. The van der Waals surface area contributed by atoms with Crippen molar-refractivity contribution in [2.45, 2.75) is 48.0 Å². The van der Waals surface area contributed by atoms with Gasteiger partial charge in [0.25, 0.3) is 0 Å². The topological polar surface area (TPSA) is 80.9 Å². The molecule has 4 nitrogen and oxygen atoms in total. The van der Waals surface area contributed by atoms with Gasteiger partial charge in [0.2, 0.25) is 0 Å². The van der Waals surface area contributed by atoms with Crippen molar-refractivity contribution in [2.75, 3.05) is 0 Å². The van der Waals surface area contributed by atoms with Gasteiger partial charge in [0, 0.05) is 0 Å². The molecule has 0 amide bonds. The van der Waals surface area contributed by atoms with Crippen molar-refractivity contribution in [3.05, 3.63) is 44.5 Å². The standard InChI is InChI=1S/C19H24O4/c1-8-10(3)16(20)18(22)12(5)14(8)7-15-9(2)11(4)17(21)19(23)13(15)6/h20-23H,7H2,1-6H3. The van der Waals surface area contributed by atoms with E-state index >= 15 is 0 Å². The maximum absolute atomic E-state index is 10.1. The summed E-state index contributed by atoms with van der Waals surface area (Å²) in [7, 11) is 0. The normalized spacial score (nSPS) is 11.0. The fraction of sp³-hybridized carbons (Fsp3) is 0.368. The van der Waals surface area contributed by atoms with Crippen LogP contribution in [-0.4, -0.2) is 20.4 Å². The van der Waals surface area contributed by atoms with Crippen molar-refractivity contribution >= 4 is 0 Å². The highest BCUT2D eigenvalue weighted by atomic mass is 16.3. The summed E-state index contributed by atoms with van der Waals surface area (Å²) in [5.41, 5.74) is 6.26. The van der Waals surface area contributed by atoms with Gasteiger partial charge in [-0.25, -0.2) is 0 Å². The molecule has 2 rings (SSSR count). The van der Waals surface area contributed by atoms with Crippen LogP contribution in [0, 0.1) is 41.5 Å². The zero-order valence-corrected chi connectivity index (χ0v) is 14.5. The van der Waals surface area contributed by atoms with Crippen LogP contribution in [0.4, 0.5) is 0 Å². The molecule has 2 aromatic carbocycles. The van der Waals surface area contributed by atoms with E-state index < -0.39 is 0 Å². The smallest absolute Gasteiger partial charge is 0.160 e. The van der Waals surface area contributed by atoms with Crippen LogP contribution >= 0.6 is 0 Å². The van der Waals surface area contributed by atoms with Gasteiger partial charge in [-0.05, 0) is 92.5 Å². The van der Waals surface area contributed by atoms with Crippen molar-refractivity contribution in [3.63, 3.8) is 0 Å². The molecule has 0 aromatic heterocycles. The second-order valence-corrected chi connectivity index (χ2v) is 6.28. The molecule has 0 unspecified atom stereocenters. The highest BCUT2D eigenvalue weighted by molar-refractivity contribution is 5.62. The number of phenolic OH excluding ortho intramolecular Hbond substituents is 4. The van der Waals surface area contributed by atoms with Crippen molar-refractivity contribution in [3.8, 4) is 23.0 Å². The molecule has 0 saturated carbocycles. The molecule has 0 aliphatic heterocycles. The first-order valence-corrected chi connectivity index (χ1v) is 7.60. The molecule has 0 saturated heterocycles. The maximum atomic E-state index is 10.1. The van der Waals surface area contributed by atoms with Crippen LogP contribution in [0.5, 0.6) is 23.0 Å². The molecule has 2 aromatic rings. The van der Waals surface area contributed by atoms with Crippen molar-refractivity contribution in [1.82, 2.24) is 0 Å². The Bertz CT molecular complexity index is 678. The van der Waals surface area contributed by atoms with Gasteiger partial charge in [0.15, 0.2) is 23.0 Å². The molecule has 4 heteroatoms. The molecule has 124 valence electrons. The van der Waals surface area contributed by atoms with E-state index in [9.17, 15) is 20.4 Å². The summed E-state index contributed by atoms with van der Waals surface area (Å²) < 4.78 is 0. The van der Waals surface area contributed by atoms with Gasteiger partial charge in [0.1, 0.15) is 0 Å². The van der Waals surface area contributed by atoms with E-state index in [1.165, 1.54) is 0 Å². The second-order valence-electron chi connectivity index (χ2n) is 6.28. The van der Waals surface area contributed by atoms with E-state index in [0.29, 0.717) is 28.7 Å². The molecular weight excluding hydrogens is 292 g/mol. The SMILES string of the molecule is Cc1c(C)c(Cc2c(C)c(C)c(O)c(O)c2C)c(C)c(O)c1O. The summed E-state index contributed by atoms with van der Waals surface area (Å²) in [5.74, 6) is -0.361. The summed E-state index contributed by atoms with van der Waals surface area (Å²) in [6.45, 7) is 10.9. The lowest BCUT2D eigenvalue weighted by Gasteiger charge is -2.20. The number of hydrogen-bond donors (Lipinski definition) is 4. The van der Waals surface area contributed by atoms with Crippen molar-refractivity contribution in [1.29, 1.82) is 0 Å². The van der Waals surface area contributed by atoms with Gasteiger partial charge in [-0.15, -0.1) is 0 Å². The number of phenols is 4. The van der Waals surface area contributed by atoms with Crippen molar-refractivity contribution in [2.24, 2.45) is 0 Å². The van der Waals surface area contributed by atoms with E-state index in [1.807, 2.05) is 13.8 Å². The van der Waals surface area contributed by atoms with Gasteiger partial charge in [-0.2, -0.15) is 0 Å². The lowest BCUT2D eigenvalue weighted by Crippen LogP contribution is -2.04. The van der Waals surface area contributed by atoms with Gasteiger partial charge in [-0.1, -0.05) is 0 Å². The number of benzene rings is 2. The summed E-state index contributed by atoms with van der Waals surface area (Å²) in [6, 6.07) is 0. The molecule has 0 fully saturated rings. The molecule has 0 bridgehead atoms. The fourth-order valence-corrected chi connectivity index (χ4v) is 3.07. The second kappa shape index (κ2) is 5.69. The minimum atomic E-state index is -0.0990. The molecular formula is C19H24O4. The lowest BCUT2D eigenvalue weighted by molar-refractivity contribution is 0.396. The molecule has 0 atom stereocenters. The molecule has 0 heterocycles. The van der Waals surface area contributed by atoms with Crippen LogP contribution in [0.15, 0.2) is 0 Å². The van der Waals surface area contributed by atoms with Gasteiger partial charge >= 0.3 is 0 Å². The first-order chi connectivity index (χ1) is 10.6. The molecule has 0 radical (unpaired) electrons. The van der Waals surface area contributed by atoms with E-state index in [4.69, 9.17) is 0 Å². The van der Waals surface area contributed by atoms with E-state index in [0.717, 1.165) is 22.3 Å². The molecule has 23 heavy (non-hydrogen) atoms. The van der Waals surface area contributed by atoms with Crippen LogP contribution in [-0.2, 0) is 6.42 Å². The predicted molar refractivity (Wildman–Crippen MR) is 90.8 cm³/mol. The fourth-order valence-electron chi connectivity index (χ4n) is 3.07. The van der Waals surface area contributed by atoms with Crippen LogP contribution in [0.3, 0.4) is 0 Å². The van der Waals surface area contributed by atoms with Crippen LogP contribution in [0.2, 0.25) is 0 Å². The summed E-state index contributed by atoms with van der Waals surface area (Å²) >= 11 is 0. The molecule has 4 N–H and O–H groups in total. The Morgan fingerprint density at radius 1 is 0.435 bits per heavy atom. The zero-order valence-electron chi connectivity index (χ0n) is 14.5. The Labute approximate surface area is 136 Å². The first-order valence-electron chi connectivity index (χ1n) is 7.60. The van der Waals surface area contributed by atoms with Gasteiger partial charge in [0.05, 0.1) is 0 Å². The Morgan fingerprint density at radius 3 is 1.00 bits per heavy atom. The monoisotopic (exact) mass is 316 g/mol. The van der Waals surface area contributed by atoms with Crippen LogP contribution in [0.1, 0.15) is 44.5 Å². The lowest BCUT2D eigenvalue weighted by atomic mass is 9.87. The largest absolute Gasteiger partial charge is 0.504 e. The summed E-state index contributed by atoms with van der Waals surface area (Å²) in [4.78, 5) is 0. The number of aromatic hydroxyl groups is 4. The van der Waals surface area contributed by atoms with Crippen LogP contribution in [0.25, 0.3) is 0 Å². The minimum absolute atomic E-state index is 0.0815. The zero-order chi connectivity index (χ0) is 17.6. The Kier molecular flexibility index (Phi) is 4.20. The number of hydrogen-bond acceptors (Lipinski definition) is 4. The average molecular weight is 316 g/mol.